The lowest BCUT2D eigenvalue weighted by Gasteiger charge is -2.34. The molecule has 1 aliphatic rings. The summed E-state index contributed by atoms with van der Waals surface area (Å²) in [5.74, 6) is 0.275. The highest BCUT2D eigenvalue weighted by Crippen LogP contribution is 2.56. The average Bonchev–Trinajstić information content (AvgIpc) is 3.64. The first-order valence-electron chi connectivity index (χ1n) is 21.6. The molecule has 6 aromatic rings. The Bertz CT molecular complexity index is 2570. The highest BCUT2D eigenvalue weighted by Gasteiger charge is 2.45. The summed E-state index contributed by atoms with van der Waals surface area (Å²) in [6, 6.07) is 53.2. The van der Waals surface area contributed by atoms with Crippen molar-refractivity contribution >= 4 is 35.5 Å². The van der Waals surface area contributed by atoms with Crippen LogP contribution in [0.25, 0.3) is 23.3 Å². The molecule has 0 atom stereocenters. The van der Waals surface area contributed by atoms with Crippen LogP contribution in [0.4, 0.5) is 11.4 Å². The average molecular weight is 863 g/mol. The number of carbonyl (C=O) groups excluding carboxylic acids is 2. The van der Waals surface area contributed by atoms with Crippen molar-refractivity contribution in [1.29, 1.82) is 10.5 Å². The Morgan fingerprint density at radius 1 is 0.538 bits per heavy atom. The number of benzene rings is 6. The van der Waals surface area contributed by atoms with E-state index < -0.39 is 17.4 Å². The first kappa shape index (κ1) is 45.0. The third-order valence-corrected chi connectivity index (χ3v) is 11.4. The molecule has 0 unspecified atom stereocenters. The third-order valence-electron chi connectivity index (χ3n) is 11.4. The maximum atomic E-state index is 12.0. The summed E-state index contributed by atoms with van der Waals surface area (Å²) in [6.07, 6.45) is 3.06. The van der Waals surface area contributed by atoms with Crippen LogP contribution in [0.2, 0.25) is 0 Å². The van der Waals surface area contributed by atoms with Crippen LogP contribution in [0.1, 0.15) is 47.2 Å². The van der Waals surface area contributed by atoms with Crippen LogP contribution in [-0.4, -0.2) is 65.6 Å². The molecule has 10 heteroatoms. The van der Waals surface area contributed by atoms with E-state index in [0.29, 0.717) is 26.3 Å². The van der Waals surface area contributed by atoms with Crippen molar-refractivity contribution in [2.24, 2.45) is 0 Å². The Morgan fingerprint density at radius 3 is 1.26 bits per heavy atom. The van der Waals surface area contributed by atoms with E-state index in [-0.39, 0.29) is 24.4 Å². The van der Waals surface area contributed by atoms with Crippen LogP contribution < -0.4 is 19.3 Å². The van der Waals surface area contributed by atoms with Gasteiger partial charge in [0.2, 0.25) is 0 Å². The first-order valence-corrected chi connectivity index (χ1v) is 21.6. The van der Waals surface area contributed by atoms with Gasteiger partial charge in [-0.2, -0.15) is 10.5 Å². The summed E-state index contributed by atoms with van der Waals surface area (Å²) in [5.41, 5.74) is 9.84. The van der Waals surface area contributed by atoms with Crippen molar-refractivity contribution in [3.63, 3.8) is 0 Å². The first-order chi connectivity index (χ1) is 31.7. The number of fused-ring (bicyclic) bond motifs is 3. The van der Waals surface area contributed by atoms with E-state index in [9.17, 15) is 20.1 Å². The SMILES string of the molecule is CCOC(=O)C(C#N)=Cc1ccc(N(C)CCOc2ccc(C3(c4ccc(OCCN(C)c5ccc(C=C(C#N)C(=O)OCC)cc5)cc4)c4ccccc4-c4ccccc43)cc2)cc1. The lowest BCUT2D eigenvalue weighted by molar-refractivity contribution is -0.138. The number of hydrogen-bond donors (Lipinski definition) is 0. The fraction of sp³-hybridized carbons (Fsp3) is 0.200. The van der Waals surface area contributed by atoms with E-state index >= 15 is 0 Å². The number of hydrogen-bond acceptors (Lipinski definition) is 10. The van der Waals surface area contributed by atoms with Crippen molar-refractivity contribution in [3.8, 4) is 34.8 Å². The number of esters is 2. The fourth-order valence-electron chi connectivity index (χ4n) is 8.16. The summed E-state index contributed by atoms with van der Waals surface area (Å²) in [4.78, 5) is 28.3. The van der Waals surface area contributed by atoms with Gasteiger partial charge in [-0.25, -0.2) is 9.59 Å². The number of nitriles is 2. The molecule has 0 spiro atoms. The Balaban J connectivity index is 1.03. The largest absolute Gasteiger partial charge is 0.492 e. The zero-order valence-corrected chi connectivity index (χ0v) is 37.0. The Hall–Kier alpha value is -8.08. The van der Waals surface area contributed by atoms with E-state index in [1.807, 2.05) is 99.0 Å². The molecule has 10 nitrogen and oxygen atoms in total. The predicted molar refractivity (Wildman–Crippen MR) is 255 cm³/mol. The Kier molecular flexibility index (Phi) is 14.4. The van der Waals surface area contributed by atoms with Gasteiger partial charge in [0.05, 0.1) is 31.7 Å². The minimum absolute atomic E-state index is 0.0396. The van der Waals surface area contributed by atoms with E-state index in [0.717, 1.165) is 45.1 Å². The number of nitrogens with zero attached hydrogens (tertiary/aromatic N) is 4. The molecule has 0 aliphatic heterocycles. The number of likely N-dealkylation sites (N-methyl/N-ethyl adjacent to an activating group) is 2. The number of anilines is 2. The standard InChI is InChI=1S/C55H50N4O6/c1-5-62-53(60)41(37-56)35-39-15-23-45(24-16-39)58(3)31-33-64-47-27-19-43(20-28-47)55(51-13-9-7-11-49(51)50-12-8-10-14-52(50)55)44-21-29-48(30-22-44)65-34-32-59(4)46-25-17-40(18-26-46)36-42(38-57)54(61)63-6-2/h7-30,35-36H,5-6,31-34H2,1-4H3. The molecule has 0 saturated carbocycles. The molecule has 0 amide bonds. The topological polar surface area (TPSA) is 125 Å². The molecular weight excluding hydrogens is 813 g/mol. The molecule has 0 saturated heterocycles. The molecular formula is C55H50N4O6. The zero-order valence-electron chi connectivity index (χ0n) is 37.0. The van der Waals surface area contributed by atoms with Crippen molar-refractivity contribution in [2.75, 3.05) is 63.4 Å². The van der Waals surface area contributed by atoms with Crippen LogP contribution in [0.3, 0.4) is 0 Å². The quantitative estimate of drug-likeness (QED) is 0.0468. The number of carbonyl (C=O) groups is 2. The third kappa shape index (κ3) is 9.94. The van der Waals surface area contributed by atoms with Gasteiger partial charge in [-0.3, -0.25) is 0 Å². The van der Waals surface area contributed by atoms with Gasteiger partial charge in [-0.15, -0.1) is 0 Å². The monoisotopic (exact) mass is 862 g/mol. The van der Waals surface area contributed by atoms with Crippen molar-refractivity contribution in [3.05, 3.63) is 190 Å². The molecule has 0 fully saturated rings. The lowest BCUT2D eigenvalue weighted by Crippen LogP contribution is -2.28. The second kappa shape index (κ2) is 20.9. The Morgan fingerprint density at radius 2 is 0.908 bits per heavy atom. The zero-order chi connectivity index (χ0) is 45.8. The van der Waals surface area contributed by atoms with Gasteiger partial charge >= 0.3 is 11.9 Å². The molecule has 6 aromatic carbocycles. The molecule has 0 aromatic heterocycles. The van der Waals surface area contributed by atoms with Crippen LogP contribution in [0, 0.1) is 22.7 Å². The van der Waals surface area contributed by atoms with Gasteiger partial charge in [0.15, 0.2) is 0 Å². The van der Waals surface area contributed by atoms with Gasteiger partial charge in [0.25, 0.3) is 0 Å². The molecule has 0 radical (unpaired) electrons. The highest BCUT2D eigenvalue weighted by atomic mass is 16.5. The fourth-order valence-corrected chi connectivity index (χ4v) is 8.16. The smallest absolute Gasteiger partial charge is 0.348 e. The summed E-state index contributed by atoms with van der Waals surface area (Å²) >= 11 is 0. The Labute approximate surface area is 380 Å². The minimum Gasteiger partial charge on any atom is -0.492 e. The summed E-state index contributed by atoms with van der Waals surface area (Å²) < 4.78 is 22.5. The highest BCUT2D eigenvalue weighted by molar-refractivity contribution is 5.98. The molecule has 0 bridgehead atoms. The normalized spacial score (nSPS) is 12.5. The van der Waals surface area contributed by atoms with Crippen molar-refractivity contribution in [2.45, 2.75) is 19.3 Å². The van der Waals surface area contributed by atoms with E-state index in [2.05, 4.69) is 82.6 Å². The predicted octanol–water partition coefficient (Wildman–Crippen LogP) is 10.0. The van der Waals surface area contributed by atoms with Gasteiger partial charge in [0, 0.05) is 25.5 Å². The molecule has 326 valence electrons. The van der Waals surface area contributed by atoms with Gasteiger partial charge in [0.1, 0.15) is 48.0 Å². The van der Waals surface area contributed by atoms with Gasteiger partial charge in [-0.1, -0.05) is 97.1 Å². The second-order valence-corrected chi connectivity index (χ2v) is 15.4. The maximum absolute atomic E-state index is 12.0. The summed E-state index contributed by atoms with van der Waals surface area (Å²) in [7, 11) is 3.99. The molecule has 0 heterocycles. The van der Waals surface area contributed by atoms with Crippen molar-refractivity contribution < 1.29 is 28.5 Å². The summed E-state index contributed by atoms with van der Waals surface area (Å²) in [5, 5.41) is 18.8. The van der Waals surface area contributed by atoms with Crippen LogP contribution in [0.5, 0.6) is 11.5 Å². The van der Waals surface area contributed by atoms with Gasteiger partial charge < -0.3 is 28.7 Å². The van der Waals surface area contributed by atoms with Crippen LogP contribution in [-0.2, 0) is 24.5 Å². The molecule has 0 N–H and O–H groups in total. The second-order valence-electron chi connectivity index (χ2n) is 15.4. The lowest BCUT2D eigenvalue weighted by atomic mass is 9.68. The van der Waals surface area contributed by atoms with E-state index in [4.69, 9.17) is 18.9 Å². The maximum Gasteiger partial charge on any atom is 0.348 e. The molecule has 7 rings (SSSR count). The molecule has 65 heavy (non-hydrogen) atoms. The molecule has 1 aliphatic carbocycles. The van der Waals surface area contributed by atoms with E-state index in [1.54, 1.807) is 13.8 Å². The van der Waals surface area contributed by atoms with Crippen LogP contribution in [0.15, 0.2) is 157 Å². The van der Waals surface area contributed by atoms with Gasteiger partial charge in [-0.05, 0) is 119 Å². The number of rotatable bonds is 18. The summed E-state index contributed by atoms with van der Waals surface area (Å²) in [6.45, 7) is 6.01. The van der Waals surface area contributed by atoms with E-state index in [1.165, 1.54) is 34.4 Å². The van der Waals surface area contributed by atoms with Crippen molar-refractivity contribution in [1.82, 2.24) is 0 Å². The number of ether oxygens (including phenoxy) is 4. The van der Waals surface area contributed by atoms with Crippen LogP contribution >= 0.6 is 0 Å². The minimum atomic E-state index is -0.630.